The molecule has 12 rings (SSSR count). The number of benzene rings is 8. The molecular formula is C51H30BrN5S. The van der Waals surface area contributed by atoms with Crippen molar-refractivity contribution in [2.45, 2.75) is 0 Å². The van der Waals surface area contributed by atoms with Crippen molar-refractivity contribution in [3.8, 4) is 45.5 Å². The fourth-order valence-electron chi connectivity index (χ4n) is 8.75. The van der Waals surface area contributed by atoms with Crippen molar-refractivity contribution in [3.63, 3.8) is 0 Å². The third-order valence-corrected chi connectivity index (χ3v) is 13.4. The lowest BCUT2D eigenvalue weighted by Crippen LogP contribution is -2.06. The highest BCUT2D eigenvalue weighted by Crippen LogP contribution is 2.50. The van der Waals surface area contributed by atoms with E-state index >= 15 is 0 Å². The molecule has 4 aromatic heterocycles. The van der Waals surface area contributed by atoms with Crippen molar-refractivity contribution >= 4 is 91.1 Å². The second-order valence-electron chi connectivity index (χ2n) is 14.5. The molecule has 12 aromatic rings. The van der Waals surface area contributed by atoms with Crippen molar-refractivity contribution in [2.24, 2.45) is 0 Å². The van der Waals surface area contributed by atoms with Gasteiger partial charge in [-0.1, -0.05) is 146 Å². The van der Waals surface area contributed by atoms with Gasteiger partial charge in [0.1, 0.15) is 0 Å². The first kappa shape index (κ1) is 33.2. The Balaban J connectivity index is 1.33. The summed E-state index contributed by atoms with van der Waals surface area (Å²) in [6, 6.07) is 64.2. The third-order valence-electron chi connectivity index (χ3n) is 11.2. The molecule has 0 saturated heterocycles. The van der Waals surface area contributed by atoms with Crippen molar-refractivity contribution in [1.82, 2.24) is 24.1 Å². The minimum atomic E-state index is 0.600. The van der Waals surface area contributed by atoms with Gasteiger partial charge in [-0.15, -0.1) is 11.3 Å². The highest BCUT2D eigenvalue weighted by Gasteiger charge is 2.27. The fraction of sp³-hybridized carbons (Fsp3) is 0. The van der Waals surface area contributed by atoms with Crippen molar-refractivity contribution < 1.29 is 0 Å². The summed E-state index contributed by atoms with van der Waals surface area (Å²) in [7, 11) is 0. The quantitative estimate of drug-likeness (QED) is 0.174. The van der Waals surface area contributed by atoms with Crippen LogP contribution in [0.2, 0.25) is 0 Å². The van der Waals surface area contributed by atoms with E-state index in [0.717, 1.165) is 65.4 Å². The second-order valence-corrected chi connectivity index (χ2v) is 16.4. The van der Waals surface area contributed by atoms with E-state index in [2.05, 4.69) is 171 Å². The number of fused-ring (bicyclic) bond motifs is 9. The number of thiophene rings is 1. The van der Waals surface area contributed by atoms with Crippen LogP contribution in [0.15, 0.2) is 186 Å². The van der Waals surface area contributed by atoms with Crippen LogP contribution in [-0.2, 0) is 0 Å². The molecule has 0 unspecified atom stereocenters. The fourth-order valence-corrected chi connectivity index (χ4v) is 10.6. The van der Waals surface area contributed by atoms with E-state index in [-0.39, 0.29) is 0 Å². The Morgan fingerprint density at radius 3 is 1.34 bits per heavy atom. The maximum Gasteiger partial charge on any atom is 0.166 e. The van der Waals surface area contributed by atoms with Gasteiger partial charge < -0.3 is 9.13 Å². The van der Waals surface area contributed by atoms with Crippen LogP contribution < -0.4 is 0 Å². The minimum Gasteiger partial charge on any atom is -0.308 e. The van der Waals surface area contributed by atoms with E-state index in [0.29, 0.717) is 17.5 Å². The lowest BCUT2D eigenvalue weighted by Gasteiger charge is -2.19. The highest BCUT2D eigenvalue weighted by atomic mass is 79.9. The molecule has 0 radical (unpaired) electrons. The summed E-state index contributed by atoms with van der Waals surface area (Å²) < 4.78 is 8.30. The molecule has 0 spiro atoms. The number of para-hydroxylation sites is 4. The van der Waals surface area contributed by atoms with E-state index in [9.17, 15) is 0 Å². The minimum absolute atomic E-state index is 0.600. The van der Waals surface area contributed by atoms with Gasteiger partial charge in [-0.2, -0.15) is 0 Å². The SMILES string of the molecule is Brc1cccc2c1sc1c(-n3c4ccccc4c4ccccc43)cc(-c3nc(-c4ccccc4)nc(-c4ccccc4)n3)c(-n3c4ccccc4c4ccccc43)c12. The summed E-state index contributed by atoms with van der Waals surface area (Å²) in [5.41, 5.74) is 9.38. The number of hydrogen-bond donors (Lipinski definition) is 0. The topological polar surface area (TPSA) is 48.5 Å². The summed E-state index contributed by atoms with van der Waals surface area (Å²) in [5.74, 6) is 1.84. The third kappa shape index (κ3) is 4.97. The average Bonchev–Trinajstić information content (AvgIpc) is 3.96. The second kappa shape index (κ2) is 13.1. The van der Waals surface area contributed by atoms with E-state index in [1.54, 1.807) is 0 Å². The molecule has 0 bridgehead atoms. The van der Waals surface area contributed by atoms with Gasteiger partial charge in [0.05, 0.1) is 38.1 Å². The summed E-state index contributed by atoms with van der Waals surface area (Å²) >= 11 is 5.80. The number of hydrogen-bond acceptors (Lipinski definition) is 4. The molecule has 0 fully saturated rings. The van der Waals surface area contributed by atoms with Crippen LogP contribution >= 0.6 is 27.3 Å². The van der Waals surface area contributed by atoms with E-state index < -0.39 is 0 Å². The number of halogens is 1. The first-order chi connectivity index (χ1) is 28.7. The Kier molecular flexibility index (Phi) is 7.48. The van der Waals surface area contributed by atoms with Gasteiger partial charge in [-0.3, -0.25) is 0 Å². The first-order valence-electron chi connectivity index (χ1n) is 19.2. The van der Waals surface area contributed by atoms with Crippen LogP contribution in [0.3, 0.4) is 0 Å². The van der Waals surface area contributed by atoms with Gasteiger partial charge in [0.25, 0.3) is 0 Å². The standard InChI is InChI=1S/C51H30BrN5S/c52-39-25-15-24-37-45-46(57-42-28-13-9-22-35(42)36-23-10-14-29-43(36)57)38(51-54-49(31-16-3-1-4-17-31)53-50(55-51)32-18-5-2-6-19-32)30-44(48(45)58-47(37)39)56-40-26-11-7-20-33(40)34-21-8-12-27-41(34)56/h1-30H. The summed E-state index contributed by atoms with van der Waals surface area (Å²) in [5, 5.41) is 7.10. The van der Waals surface area contributed by atoms with Crippen LogP contribution in [0.1, 0.15) is 0 Å². The van der Waals surface area contributed by atoms with Crippen molar-refractivity contribution in [1.29, 1.82) is 0 Å². The maximum absolute atomic E-state index is 5.42. The monoisotopic (exact) mass is 823 g/mol. The molecule has 58 heavy (non-hydrogen) atoms. The van der Waals surface area contributed by atoms with E-state index in [1.807, 2.05) is 47.7 Å². The molecule has 4 heterocycles. The maximum atomic E-state index is 5.42. The predicted molar refractivity (Wildman–Crippen MR) is 245 cm³/mol. The molecule has 0 saturated carbocycles. The lowest BCUT2D eigenvalue weighted by molar-refractivity contribution is 1.06. The molecule has 7 heteroatoms. The molecule has 0 atom stereocenters. The molecule has 0 aliphatic heterocycles. The van der Waals surface area contributed by atoms with Crippen LogP contribution in [0.4, 0.5) is 0 Å². The molecule has 0 N–H and O–H groups in total. The number of rotatable bonds is 5. The van der Waals surface area contributed by atoms with E-state index in [4.69, 9.17) is 15.0 Å². The molecule has 0 amide bonds. The van der Waals surface area contributed by atoms with Gasteiger partial charge in [-0.05, 0) is 52.3 Å². The average molecular weight is 825 g/mol. The van der Waals surface area contributed by atoms with E-state index in [1.165, 1.54) is 30.9 Å². The van der Waals surface area contributed by atoms with Crippen LogP contribution in [0, 0.1) is 0 Å². The zero-order valence-corrected chi connectivity index (χ0v) is 33.2. The Bertz CT molecular complexity index is 3420. The number of aromatic nitrogens is 5. The zero-order valence-electron chi connectivity index (χ0n) is 30.8. The molecule has 8 aromatic carbocycles. The first-order valence-corrected chi connectivity index (χ1v) is 20.8. The van der Waals surface area contributed by atoms with Gasteiger partial charge in [0.2, 0.25) is 0 Å². The Morgan fingerprint density at radius 1 is 0.397 bits per heavy atom. The molecule has 0 aliphatic carbocycles. The molecule has 5 nitrogen and oxygen atoms in total. The van der Waals surface area contributed by atoms with Crippen molar-refractivity contribution in [2.75, 3.05) is 0 Å². The van der Waals surface area contributed by atoms with Crippen molar-refractivity contribution in [3.05, 3.63) is 186 Å². The Hall–Kier alpha value is -6.93. The van der Waals surface area contributed by atoms with Gasteiger partial charge in [0.15, 0.2) is 17.5 Å². The highest BCUT2D eigenvalue weighted by molar-refractivity contribution is 9.10. The van der Waals surface area contributed by atoms with Gasteiger partial charge >= 0.3 is 0 Å². The summed E-state index contributed by atoms with van der Waals surface area (Å²) in [6.07, 6.45) is 0. The summed E-state index contributed by atoms with van der Waals surface area (Å²) in [6.45, 7) is 0. The van der Waals surface area contributed by atoms with Gasteiger partial charge in [-0.25, -0.2) is 15.0 Å². The lowest BCUT2D eigenvalue weighted by atomic mass is 10.0. The Labute approximate surface area is 345 Å². The van der Waals surface area contributed by atoms with Crippen LogP contribution in [0.25, 0.3) is 109 Å². The van der Waals surface area contributed by atoms with Crippen LogP contribution in [0.5, 0.6) is 0 Å². The molecule has 272 valence electrons. The van der Waals surface area contributed by atoms with Crippen LogP contribution in [-0.4, -0.2) is 24.1 Å². The molecule has 0 aliphatic rings. The smallest absolute Gasteiger partial charge is 0.166 e. The van der Waals surface area contributed by atoms with Gasteiger partial charge in [0, 0.05) is 58.2 Å². The number of nitrogens with zero attached hydrogens (tertiary/aromatic N) is 5. The predicted octanol–water partition coefficient (Wildman–Crippen LogP) is 14.2. The zero-order chi connectivity index (χ0) is 38.3. The molecular weight excluding hydrogens is 795 g/mol. The normalized spacial score (nSPS) is 11.9. The largest absolute Gasteiger partial charge is 0.308 e. The summed E-state index contributed by atoms with van der Waals surface area (Å²) in [4.78, 5) is 16.0. The Morgan fingerprint density at radius 2 is 0.828 bits per heavy atom.